The van der Waals surface area contributed by atoms with E-state index in [2.05, 4.69) is 19.6 Å². The topological polar surface area (TPSA) is 27.7 Å². The van der Waals surface area contributed by atoms with Crippen LogP contribution in [0.3, 0.4) is 0 Å². The van der Waals surface area contributed by atoms with Gasteiger partial charge in [0.15, 0.2) is 5.75 Å². The van der Waals surface area contributed by atoms with Gasteiger partial charge in [-0.2, -0.15) is 17.5 Å². The van der Waals surface area contributed by atoms with E-state index >= 15 is 0 Å². The summed E-state index contributed by atoms with van der Waals surface area (Å²) in [5.41, 5.74) is -0.180. The highest BCUT2D eigenvalue weighted by molar-refractivity contribution is 7.80. The summed E-state index contributed by atoms with van der Waals surface area (Å²) in [6.45, 7) is 2.21. The van der Waals surface area contributed by atoms with Crippen LogP contribution in [0, 0.1) is 0 Å². The van der Waals surface area contributed by atoms with Crippen molar-refractivity contribution in [2.75, 3.05) is 7.11 Å². The van der Waals surface area contributed by atoms with Crippen molar-refractivity contribution < 1.29 is 14.5 Å². The first-order valence-electron chi connectivity index (χ1n) is 7.85. The minimum Gasteiger partial charge on any atom is -0.497 e. The lowest BCUT2D eigenvalue weighted by Crippen LogP contribution is -2.39. The first-order valence-corrected chi connectivity index (χ1v) is 8.37. The Balaban J connectivity index is 1.97. The molecular weight excluding hydrogens is 284 g/mol. The molecule has 1 saturated carbocycles. The summed E-state index contributed by atoms with van der Waals surface area (Å²) >= 11 is 4.65. The summed E-state index contributed by atoms with van der Waals surface area (Å²) in [7, 11) is 1.65. The van der Waals surface area contributed by atoms with Gasteiger partial charge in [-0.15, -0.1) is 0 Å². The van der Waals surface area contributed by atoms with Crippen LogP contribution in [0.1, 0.15) is 51.9 Å². The molecule has 0 radical (unpaired) electrons. The molecule has 118 valence electrons. The van der Waals surface area contributed by atoms with Gasteiger partial charge >= 0.3 is 0 Å². The molecule has 1 aromatic rings. The van der Waals surface area contributed by atoms with Gasteiger partial charge in [-0.1, -0.05) is 19.8 Å². The highest BCUT2D eigenvalue weighted by atomic mass is 32.1. The van der Waals surface area contributed by atoms with Crippen molar-refractivity contribution in [2.45, 2.75) is 62.7 Å². The van der Waals surface area contributed by atoms with Crippen LogP contribution < -0.4 is 9.62 Å². The number of methoxy groups -OCH3 is 1. The Labute approximate surface area is 133 Å². The lowest BCUT2D eigenvalue weighted by Gasteiger charge is -2.37. The third-order valence-electron chi connectivity index (χ3n) is 4.14. The van der Waals surface area contributed by atoms with Crippen molar-refractivity contribution in [3.8, 4) is 11.5 Å². The Morgan fingerprint density at radius 3 is 2.57 bits per heavy atom. The van der Waals surface area contributed by atoms with E-state index in [0.717, 1.165) is 37.9 Å². The molecule has 0 saturated heterocycles. The molecular formula is C17H26O3S. The van der Waals surface area contributed by atoms with Crippen LogP contribution in [0.2, 0.25) is 0 Å². The quantitative estimate of drug-likeness (QED) is 0.445. The largest absolute Gasteiger partial charge is 0.497 e. The summed E-state index contributed by atoms with van der Waals surface area (Å²) in [4.78, 5) is 11.5. The minimum absolute atomic E-state index is 0.180. The van der Waals surface area contributed by atoms with E-state index in [1.165, 1.54) is 12.8 Å². The van der Waals surface area contributed by atoms with Crippen molar-refractivity contribution in [3.63, 3.8) is 0 Å². The van der Waals surface area contributed by atoms with Crippen molar-refractivity contribution in [1.29, 1.82) is 0 Å². The number of rotatable bonds is 7. The monoisotopic (exact) mass is 310 g/mol. The van der Waals surface area contributed by atoms with Gasteiger partial charge in [0.1, 0.15) is 11.4 Å². The van der Waals surface area contributed by atoms with Crippen LogP contribution in [-0.2, 0) is 4.89 Å². The van der Waals surface area contributed by atoms with E-state index in [-0.39, 0.29) is 5.60 Å². The van der Waals surface area contributed by atoms with E-state index in [9.17, 15) is 0 Å². The van der Waals surface area contributed by atoms with Gasteiger partial charge < -0.3 is 9.62 Å². The fraction of sp³-hybridized carbons (Fsp3) is 0.647. The molecule has 1 fully saturated rings. The van der Waals surface area contributed by atoms with Crippen molar-refractivity contribution in [3.05, 3.63) is 24.3 Å². The molecule has 0 aromatic heterocycles. The van der Waals surface area contributed by atoms with Crippen LogP contribution in [0.5, 0.6) is 11.5 Å². The van der Waals surface area contributed by atoms with E-state index in [1.807, 2.05) is 24.3 Å². The van der Waals surface area contributed by atoms with Crippen LogP contribution in [0.25, 0.3) is 0 Å². The number of unbranched alkanes of at least 4 members (excludes halogenated alkanes) is 1. The first kappa shape index (κ1) is 16.5. The van der Waals surface area contributed by atoms with Crippen molar-refractivity contribution >= 4 is 12.6 Å². The van der Waals surface area contributed by atoms with Gasteiger partial charge in [0.25, 0.3) is 0 Å². The summed E-state index contributed by atoms with van der Waals surface area (Å²) in [5.74, 6) is 1.53. The van der Waals surface area contributed by atoms with Gasteiger partial charge in [0, 0.05) is 5.25 Å². The van der Waals surface area contributed by atoms with Gasteiger partial charge in [-0.25, -0.2) is 0 Å². The van der Waals surface area contributed by atoms with Crippen molar-refractivity contribution in [1.82, 2.24) is 0 Å². The second-order valence-corrected chi connectivity index (χ2v) is 6.61. The Morgan fingerprint density at radius 1 is 1.24 bits per heavy atom. The predicted octanol–water partition coefficient (Wildman–Crippen LogP) is 4.81. The molecule has 21 heavy (non-hydrogen) atoms. The fourth-order valence-corrected chi connectivity index (χ4v) is 3.42. The average Bonchev–Trinajstić information content (AvgIpc) is 2.52. The van der Waals surface area contributed by atoms with Crippen LogP contribution in [0.15, 0.2) is 24.3 Å². The molecule has 0 spiro atoms. The SMILES string of the molecule is CCCCC1(OOc2ccc(OC)cc2)CCCC(S)C1. The Morgan fingerprint density at radius 2 is 1.95 bits per heavy atom. The maximum absolute atomic E-state index is 5.91. The molecule has 2 atom stereocenters. The van der Waals surface area contributed by atoms with Crippen LogP contribution in [0.4, 0.5) is 0 Å². The van der Waals surface area contributed by atoms with E-state index in [1.54, 1.807) is 7.11 Å². The molecule has 1 aromatic carbocycles. The molecule has 0 bridgehead atoms. The standard InChI is InChI=1S/C17H26O3S/c1-3-4-11-17(12-5-6-16(21)13-17)20-19-15-9-7-14(18-2)8-10-15/h7-10,16,21H,3-6,11-13H2,1-2H3. The third-order valence-corrected chi connectivity index (χ3v) is 4.58. The van der Waals surface area contributed by atoms with Gasteiger partial charge in [-0.05, 0) is 56.4 Å². The maximum atomic E-state index is 5.91. The lowest BCUT2D eigenvalue weighted by molar-refractivity contribution is -0.302. The smallest absolute Gasteiger partial charge is 0.165 e. The molecule has 2 unspecified atom stereocenters. The number of hydrogen-bond donors (Lipinski definition) is 1. The normalized spacial score (nSPS) is 25.6. The zero-order chi connectivity index (χ0) is 15.1. The highest BCUT2D eigenvalue weighted by Crippen LogP contribution is 2.38. The van der Waals surface area contributed by atoms with Gasteiger partial charge in [-0.3, -0.25) is 0 Å². The molecule has 0 aliphatic heterocycles. The molecule has 2 rings (SSSR count). The number of hydrogen-bond acceptors (Lipinski definition) is 4. The van der Waals surface area contributed by atoms with Gasteiger partial charge in [0.2, 0.25) is 0 Å². The average molecular weight is 310 g/mol. The number of benzene rings is 1. The Kier molecular flexibility index (Phi) is 6.24. The summed E-state index contributed by atoms with van der Waals surface area (Å²) in [6.07, 6.45) is 7.72. The molecule has 0 amide bonds. The molecule has 1 aliphatic rings. The minimum atomic E-state index is -0.180. The maximum Gasteiger partial charge on any atom is 0.165 e. The molecule has 1 aliphatic carbocycles. The molecule has 0 N–H and O–H groups in total. The molecule has 3 nitrogen and oxygen atoms in total. The number of thiol groups is 1. The summed E-state index contributed by atoms with van der Waals surface area (Å²) in [6, 6.07) is 7.49. The first-order chi connectivity index (χ1) is 10.2. The highest BCUT2D eigenvalue weighted by Gasteiger charge is 2.37. The fourth-order valence-electron chi connectivity index (χ4n) is 2.90. The molecule has 4 heteroatoms. The second-order valence-electron chi connectivity index (χ2n) is 5.88. The zero-order valence-corrected chi connectivity index (χ0v) is 13.9. The summed E-state index contributed by atoms with van der Waals surface area (Å²) in [5, 5.41) is 0.412. The predicted molar refractivity (Wildman–Crippen MR) is 88.2 cm³/mol. The zero-order valence-electron chi connectivity index (χ0n) is 13.0. The number of ether oxygens (including phenoxy) is 1. The van der Waals surface area contributed by atoms with Gasteiger partial charge in [0.05, 0.1) is 7.11 Å². The van der Waals surface area contributed by atoms with Crippen LogP contribution >= 0.6 is 12.6 Å². The Bertz CT molecular complexity index is 421. The van der Waals surface area contributed by atoms with E-state index in [0.29, 0.717) is 11.0 Å². The summed E-state index contributed by atoms with van der Waals surface area (Å²) < 4.78 is 5.14. The molecule has 0 heterocycles. The van der Waals surface area contributed by atoms with E-state index in [4.69, 9.17) is 14.5 Å². The third kappa shape index (κ3) is 4.82. The van der Waals surface area contributed by atoms with Crippen molar-refractivity contribution in [2.24, 2.45) is 0 Å². The van der Waals surface area contributed by atoms with E-state index < -0.39 is 0 Å². The lowest BCUT2D eigenvalue weighted by atomic mass is 9.81. The second kappa shape index (κ2) is 7.95. The Hall–Kier alpha value is -0.870. The van der Waals surface area contributed by atoms with Crippen LogP contribution in [-0.4, -0.2) is 18.0 Å².